The van der Waals surface area contributed by atoms with Crippen molar-refractivity contribution in [2.24, 2.45) is 0 Å². The highest BCUT2D eigenvalue weighted by Crippen LogP contribution is 2.27. The average molecular weight is 366 g/mol. The highest BCUT2D eigenvalue weighted by molar-refractivity contribution is 7.93. The zero-order valence-corrected chi connectivity index (χ0v) is 14.2. The molecule has 1 aromatic heterocycles. The Hall–Kier alpha value is -1.96. The highest BCUT2D eigenvalue weighted by Gasteiger charge is 2.25. The van der Waals surface area contributed by atoms with Gasteiger partial charge in [-0.3, -0.25) is 0 Å². The summed E-state index contributed by atoms with van der Waals surface area (Å²) in [6.45, 7) is 0.280. The molecule has 0 bridgehead atoms. The maximum Gasteiger partial charge on any atom is 0.219 e. The number of sulfone groups is 1. The second-order valence-corrected chi connectivity index (χ2v) is 8.02. The smallest absolute Gasteiger partial charge is 0.219 e. The number of anilines is 1. The van der Waals surface area contributed by atoms with Crippen LogP contribution in [0.25, 0.3) is 0 Å². The van der Waals surface area contributed by atoms with Crippen LogP contribution >= 0.6 is 23.1 Å². The standard InChI is InChI=1S/C15H12ClN3O2S2/c16-11-6-8-13(9-7-11)23(20,21)15-14(18-19-22-15)10-17-12-4-2-1-3-5-12/h1-9,17H,10H2. The molecule has 118 valence electrons. The van der Waals surface area contributed by atoms with Crippen LogP contribution in [0.3, 0.4) is 0 Å². The van der Waals surface area contributed by atoms with E-state index in [1.807, 2.05) is 30.3 Å². The Morgan fingerprint density at radius 3 is 2.43 bits per heavy atom. The van der Waals surface area contributed by atoms with Crippen LogP contribution in [-0.2, 0) is 16.4 Å². The van der Waals surface area contributed by atoms with Gasteiger partial charge in [0, 0.05) is 22.2 Å². The Bertz CT molecular complexity index is 894. The number of aromatic nitrogens is 2. The largest absolute Gasteiger partial charge is 0.379 e. The predicted octanol–water partition coefficient (Wildman–Crippen LogP) is 3.64. The highest BCUT2D eigenvalue weighted by atomic mass is 35.5. The van der Waals surface area contributed by atoms with Gasteiger partial charge in [-0.2, -0.15) is 0 Å². The van der Waals surface area contributed by atoms with E-state index in [-0.39, 0.29) is 15.6 Å². The van der Waals surface area contributed by atoms with Gasteiger partial charge < -0.3 is 5.32 Å². The first kappa shape index (κ1) is 15.9. The molecule has 1 N–H and O–H groups in total. The van der Waals surface area contributed by atoms with Crippen molar-refractivity contribution in [1.29, 1.82) is 0 Å². The van der Waals surface area contributed by atoms with E-state index >= 15 is 0 Å². The second kappa shape index (κ2) is 6.66. The molecule has 0 fully saturated rings. The molecule has 0 aliphatic heterocycles. The zero-order valence-electron chi connectivity index (χ0n) is 11.8. The van der Waals surface area contributed by atoms with Crippen LogP contribution in [0.4, 0.5) is 5.69 Å². The first-order valence-corrected chi connectivity index (χ1v) is 9.31. The van der Waals surface area contributed by atoms with Crippen LogP contribution < -0.4 is 5.32 Å². The Labute approximate surface area is 143 Å². The first-order chi connectivity index (χ1) is 11.1. The molecule has 0 radical (unpaired) electrons. The van der Waals surface area contributed by atoms with Crippen molar-refractivity contribution in [2.45, 2.75) is 15.6 Å². The molecule has 5 nitrogen and oxygen atoms in total. The summed E-state index contributed by atoms with van der Waals surface area (Å²) in [5.41, 5.74) is 1.28. The van der Waals surface area contributed by atoms with Crippen molar-refractivity contribution >= 4 is 38.7 Å². The van der Waals surface area contributed by atoms with Gasteiger partial charge >= 0.3 is 0 Å². The molecule has 0 saturated heterocycles. The molecule has 0 atom stereocenters. The monoisotopic (exact) mass is 365 g/mol. The van der Waals surface area contributed by atoms with Crippen molar-refractivity contribution in [3.8, 4) is 0 Å². The lowest BCUT2D eigenvalue weighted by Crippen LogP contribution is -2.07. The summed E-state index contributed by atoms with van der Waals surface area (Å²) in [5.74, 6) is 0. The number of benzene rings is 2. The minimum absolute atomic E-state index is 0.142. The summed E-state index contributed by atoms with van der Waals surface area (Å²) in [6, 6.07) is 15.5. The summed E-state index contributed by atoms with van der Waals surface area (Å²) < 4.78 is 29.3. The van der Waals surface area contributed by atoms with Crippen molar-refractivity contribution in [1.82, 2.24) is 9.59 Å². The van der Waals surface area contributed by atoms with Crippen LogP contribution in [0.15, 0.2) is 63.7 Å². The van der Waals surface area contributed by atoms with Gasteiger partial charge in [0.15, 0.2) is 4.21 Å². The molecule has 0 aliphatic rings. The molecule has 0 amide bonds. The van der Waals surface area contributed by atoms with Gasteiger partial charge in [-0.15, -0.1) is 5.10 Å². The minimum Gasteiger partial charge on any atom is -0.379 e. The van der Waals surface area contributed by atoms with E-state index in [2.05, 4.69) is 14.9 Å². The maximum atomic E-state index is 12.7. The number of halogens is 1. The number of hydrogen-bond donors (Lipinski definition) is 1. The van der Waals surface area contributed by atoms with Crippen molar-refractivity contribution in [3.63, 3.8) is 0 Å². The van der Waals surface area contributed by atoms with Gasteiger partial charge in [-0.05, 0) is 36.4 Å². The third-order valence-corrected chi connectivity index (χ3v) is 6.44. The zero-order chi connectivity index (χ0) is 16.3. The third kappa shape index (κ3) is 3.52. The predicted molar refractivity (Wildman–Crippen MR) is 90.6 cm³/mol. The number of rotatable bonds is 5. The lowest BCUT2D eigenvalue weighted by molar-refractivity contribution is 0.597. The van der Waals surface area contributed by atoms with Gasteiger partial charge in [0.2, 0.25) is 9.84 Å². The SMILES string of the molecule is O=S(=O)(c1ccc(Cl)cc1)c1snnc1CNc1ccccc1. The van der Waals surface area contributed by atoms with Crippen molar-refractivity contribution in [2.75, 3.05) is 5.32 Å². The van der Waals surface area contributed by atoms with Gasteiger partial charge in [-0.25, -0.2) is 8.42 Å². The van der Waals surface area contributed by atoms with E-state index in [1.54, 1.807) is 12.1 Å². The second-order valence-electron chi connectivity index (χ2n) is 4.68. The summed E-state index contributed by atoms with van der Waals surface area (Å²) >= 11 is 6.68. The molecule has 3 aromatic rings. The maximum absolute atomic E-state index is 12.7. The molecule has 0 aliphatic carbocycles. The summed E-state index contributed by atoms with van der Waals surface area (Å²) in [5, 5.41) is 7.56. The quantitative estimate of drug-likeness (QED) is 0.747. The van der Waals surface area contributed by atoms with E-state index in [9.17, 15) is 8.42 Å². The normalized spacial score (nSPS) is 11.3. The fourth-order valence-electron chi connectivity index (χ4n) is 1.97. The Balaban J connectivity index is 1.86. The molecule has 3 rings (SSSR count). The molecule has 23 heavy (non-hydrogen) atoms. The first-order valence-electron chi connectivity index (χ1n) is 6.68. The topological polar surface area (TPSA) is 72.0 Å². The van der Waals surface area contributed by atoms with Gasteiger partial charge in [0.1, 0.15) is 5.69 Å². The fraction of sp³-hybridized carbons (Fsp3) is 0.0667. The van der Waals surface area contributed by atoms with Crippen LogP contribution in [0.1, 0.15) is 5.69 Å². The molecule has 0 unspecified atom stereocenters. The lowest BCUT2D eigenvalue weighted by Gasteiger charge is -2.06. The molecular formula is C15H12ClN3O2S2. The van der Waals surface area contributed by atoms with E-state index in [4.69, 9.17) is 11.6 Å². The average Bonchev–Trinajstić information content (AvgIpc) is 3.04. The van der Waals surface area contributed by atoms with E-state index in [1.165, 1.54) is 12.1 Å². The number of hydrogen-bond acceptors (Lipinski definition) is 6. The van der Waals surface area contributed by atoms with Gasteiger partial charge in [-0.1, -0.05) is 34.3 Å². The number of nitrogens with zero attached hydrogens (tertiary/aromatic N) is 2. The van der Waals surface area contributed by atoms with Crippen LogP contribution in [0, 0.1) is 0 Å². The van der Waals surface area contributed by atoms with E-state index < -0.39 is 9.84 Å². The summed E-state index contributed by atoms with van der Waals surface area (Å²) in [4.78, 5) is 0.175. The molecule has 2 aromatic carbocycles. The molecular weight excluding hydrogens is 354 g/mol. The van der Waals surface area contributed by atoms with E-state index in [0.717, 1.165) is 17.2 Å². The summed E-state index contributed by atoms with van der Waals surface area (Å²) in [6.07, 6.45) is 0. The summed E-state index contributed by atoms with van der Waals surface area (Å²) in [7, 11) is -3.65. The Morgan fingerprint density at radius 1 is 1.04 bits per heavy atom. The van der Waals surface area contributed by atoms with Gasteiger partial charge in [0.05, 0.1) is 11.4 Å². The molecule has 0 saturated carbocycles. The Morgan fingerprint density at radius 2 is 1.74 bits per heavy atom. The van der Waals surface area contributed by atoms with Crippen LogP contribution in [0.5, 0.6) is 0 Å². The number of para-hydroxylation sites is 1. The third-order valence-electron chi connectivity index (χ3n) is 3.12. The van der Waals surface area contributed by atoms with Crippen molar-refractivity contribution in [3.05, 3.63) is 65.3 Å². The van der Waals surface area contributed by atoms with Crippen molar-refractivity contribution < 1.29 is 8.42 Å². The van der Waals surface area contributed by atoms with E-state index in [0.29, 0.717) is 10.7 Å². The van der Waals surface area contributed by atoms with Crippen LogP contribution in [0.2, 0.25) is 5.02 Å². The molecule has 8 heteroatoms. The lowest BCUT2D eigenvalue weighted by atomic mass is 10.3. The fourth-order valence-corrected chi connectivity index (χ4v) is 4.45. The number of nitrogens with one attached hydrogen (secondary N) is 1. The Kier molecular flexibility index (Phi) is 4.61. The van der Waals surface area contributed by atoms with Gasteiger partial charge in [0.25, 0.3) is 0 Å². The minimum atomic E-state index is -3.65. The van der Waals surface area contributed by atoms with Crippen LogP contribution in [-0.4, -0.2) is 18.0 Å². The molecule has 0 spiro atoms. The molecule has 1 heterocycles.